The molecule has 51 heavy (non-hydrogen) atoms. The molecule has 3 aromatic heterocycles. The third-order valence-electron chi connectivity index (χ3n) is 9.56. The van der Waals surface area contributed by atoms with Gasteiger partial charge in [-0.1, -0.05) is 133 Å². The first-order chi connectivity index (χ1) is 25.3. The fourth-order valence-corrected chi connectivity index (χ4v) is 8.30. The number of fused-ring (bicyclic) bond motifs is 6. The lowest BCUT2D eigenvalue weighted by atomic mass is 9.92. The molecule has 4 nitrogen and oxygen atoms in total. The summed E-state index contributed by atoms with van der Waals surface area (Å²) in [6.07, 6.45) is 1.89. The van der Waals surface area contributed by atoms with E-state index >= 15 is 0 Å². The Morgan fingerprint density at radius 1 is 0.373 bits per heavy atom. The minimum Gasteiger partial charge on any atom is -0.256 e. The maximum Gasteiger partial charge on any atom is 0.164 e. The first kappa shape index (κ1) is 29.4. The van der Waals surface area contributed by atoms with Gasteiger partial charge in [-0.15, -0.1) is 11.3 Å². The van der Waals surface area contributed by atoms with E-state index in [9.17, 15) is 0 Å². The van der Waals surface area contributed by atoms with Gasteiger partial charge >= 0.3 is 0 Å². The summed E-state index contributed by atoms with van der Waals surface area (Å²) in [5.41, 5.74) is 8.56. The molecule has 7 aromatic carbocycles. The van der Waals surface area contributed by atoms with Crippen molar-refractivity contribution in [3.8, 4) is 56.4 Å². The minimum atomic E-state index is 0.644. The van der Waals surface area contributed by atoms with Crippen LogP contribution in [0.2, 0.25) is 0 Å². The van der Waals surface area contributed by atoms with Crippen LogP contribution in [0.25, 0.3) is 98.3 Å². The van der Waals surface area contributed by atoms with Gasteiger partial charge in [0.05, 0.1) is 5.52 Å². The van der Waals surface area contributed by atoms with Crippen LogP contribution in [0.4, 0.5) is 0 Å². The lowest BCUT2D eigenvalue weighted by Crippen LogP contribution is -2.00. The molecule has 0 bridgehead atoms. The summed E-state index contributed by atoms with van der Waals surface area (Å²) < 4.78 is 2.55. The van der Waals surface area contributed by atoms with Gasteiger partial charge in [-0.2, -0.15) is 0 Å². The van der Waals surface area contributed by atoms with E-state index < -0.39 is 0 Å². The van der Waals surface area contributed by atoms with Gasteiger partial charge in [-0.25, -0.2) is 15.0 Å². The molecule has 238 valence electrons. The van der Waals surface area contributed by atoms with Crippen LogP contribution in [0, 0.1) is 0 Å². The third-order valence-corrected chi connectivity index (χ3v) is 10.8. The van der Waals surface area contributed by atoms with Gasteiger partial charge in [-0.3, -0.25) is 4.98 Å². The fraction of sp³-hybridized carbons (Fsp3) is 0. The van der Waals surface area contributed by atoms with Gasteiger partial charge in [0.1, 0.15) is 0 Å². The highest BCUT2D eigenvalue weighted by Crippen LogP contribution is 2.44. The van der Waals surface area contributed by atoms with E-state index in [1.54, 1.807) is 0 Å². The van der Waals surface area contributed by atoms with Crippen LogP contribution < -0.4 is 0 Å². The molecule has 5 heteroatoms. The average Bonchev–Trinajstić information content (AvgIpc) is 3.59. The zero-order chi connectivity index (χ0) is 33.7. The Morgan fingerprint density at radius 3 is 1.65 bits per heavy atom. The number of nitrogens with zero attached hydrogens (tertiary/aromatic N) is 4. The molecule has 0 fully saturated rings. The fourth-order valence-electron chi connectivity index (χ4n) is 7.08. The largest absolute Gasteiger partial charge is 0.256 e. The van der Waals surface area contributed by atoms with E-state index in [2.05, 4.69) is 97.1 Å². The molecule has 0 spiro atoms. The van der Waals surface area contributed by atoms with Crippen LogP contribution in [0.15, 0.2) is 170 Å². The number of pyridine rings is 1. The maximum absolute atomic E-state index is 4.96. The summed E-state index contributed by atoms with van der Waals surface area (Å²) in [6, 6.07) is 57.4. The molecule has 0 saturated carbocycles. The van der Waals surface area contributed by atoms with Crippen molar-refractivity contribution < 1.29 is 0 Å². The molecule has 0 atom stereocenters. The molecule has 10 rings (SSSR count). The highest BCUT2D eigenvalue weighted by molar-refractivity contribution is 7.26. The summed E-state index contributed by atoms with van der Waals surface area (Å²) in [5.74, 6) is 1.95. The van der Waals surface area contributed by atoms with Crippen molar-refractivity contribution in [3.05, 3.63) is 170 Å². The topological polar surface area (TPSA) is 51.6 Å². The standard InChI is InChI=1S/C46H28N4S/c1-3-12-30(13-4-1)44-48-45(31-14-5-2-6-15-31)50-46(49-44)32-23-21-29(22-24-32)39-27-34(28-40-36-18-9-10-20-41(36)51-43(39)40)38-26-33-16-7-8-17-35(33)42-37(38)19-11-25-47-42/h1-28H. The Kier molecular flexibility index (Phi) is 6.96. The van der Waals surface area contributed by atoms with Crippen molar-refractivity contribution in [2.24, 2.45) is 0 Å². The Bertz CT molecular complexity index is 2840. The van der Waals surface area contributed by atoms with Crippen molar-refractivity contribution in [1.82, 2.24) is 19.9 Å². The predicted molar refractivity (Wildman–Crippen MR) is 213 cm³/mol. The monoisotopic (exact) mass is 668 g/mol. The third kappa shape index (κ3) is 5.14. The zero-order valence-corrected chi connectivity index (χ0v) is 28.2. The zero-order valence-electron chi connectivity index (χ0n) is 27.4. The molecular weight excluding hydrogens is 641 g/mol. The normalized spacial score (nSPS) is 11.5. The van der Waals surface area contributed by atoms with E-state index in [1.165, 1.54) is 47.6 Å². The minimum absolute atomic E-state index is 0.644. The Labute approximate surface area is 298 Å². The van der Waals surface area contributed by atoms with E-state index in [1.807, 2.05) is 84.3 Å². The van der Waals surface area contributed by atoms with Crippen LogP contribution >= 0.6 is 11.3 Å². The summed E-state index contributed by atoms with van der Waals surface area (Å²) in [5, 5.41) is 6.03. The van der Waals surface area contributed by atoms with E-state index in [-0.39, 0.29) is 0 Å². The lowest BCUT2D eigenvalue weighted by molar-refractivity contribution is 1.07. The quantitative estimate of drug-likeness (QED) is 0.171. The second-order valence-corrected chi connectivity index (χ2v) is 13.7. The average molecular weight is 669 g/mol. The molecule has 0 unspecified atom stereocenters. The van der Waals surface area contributed by atoms with E-state index in [4.69, 9.17) is 19.9 Å². The number of hydrogen-bond donors (Lipinski definition) is 0. The molecule has 10 aromatic rings. The van der Waals surface area contributed by atoms with Gasteiger partial charge in [0.15, 0.2) is 17.5 Å². The molecule has 0 aliphatic rings. The number of rotatable bonds is 5. The van der Waals surface area contributed by atoms with Gasteiger partial charge in [0.25, 0.3) is 0 Å². The van der Waals surface area contributed by atoms with Crippen LogP contribution in [0.1, 0.15) is 0 Å². The number of benzene rings is 7. The smallest absolute Gasteiger partial charge is 0.164 e. The first-order valence-electron chi connectivity index (χ1n) is 17.0. The van der Waals surface area contributed by atoms with Gasteiger partial charge in [0.2, 0.25) is 0 Å². The van der Waals surface area contributed by atoms with Crippen molar-refractivity contribution in [1.29, 1.82) is 0 Å². The summed E-state index contributed by atoms with van der Waals surface area (Å²) in [4.78, 5) is 19.7. The summed E-state index contributed by atoms with van der Waals surface area (Å²) >= 11 is 1.85. The van der Waals surface area contributed by atoms with E-state index in [0.717, 1.165) is 33.2 Å². The summed E-state index contributed by atoms with van der Waals surface area (Å²) in [7, 11) is 0. The molecule has 0 amide bonds. The van der Waals surface area contributed by atoms with Gasteiger partial charge < -0.3 is 0 Å². The van der Waals surface area contributed by atoms with Crippen molar-refractivity contribution >= 4 is 53.2 Å². The molecule has 0 aliphatic heterocycles. The number of hydrogen-bond acceptors (Lipinski definition) is 5. The van der Waals surface area contributed by atoms with Gasteiger partial charge in [-0.05, 0) is 52.4 Å². The van der Waals surface area contributed by atoms with Crippen molar-refractivity contribution in [3.63, 3.8) is 0 Å². The number of aromatic nitrogens is 4. The number of thiophene rings is 1. The van der Waals surface area contributed by atoms with Crippen LogP contribution in [0.3, 0.4) is 0 Å². The molecular formula is C46H28N4S. The van der Waals surface area contributed by atoms with E-state index in [0.29, 0.717) is 17.5 Å². The Morgan fingerprint density at radius 2 is 0.941 bits per heavy atom. The summed E-state index contributed by atoms with van der Waals surface area (Å²) in [6.45, 7) is 0. The Balaban J connectivity index is 1.15. The van der Waals surface area contributed by atoms with Crippen LogP contribution in [-0.4, -0.2) is 19.9 Å². The molecule has 0 radical (unpaired) electrons. The van der Waals surface area contributed by atoms with Crippen LogP contribution in [-0.2, 0) is 0 Å². The lowest BCUT2D eigenvalue weighted by Gasteiger charge is -2.13. The Hall–Kier alpha value is -6.56. The SMILES string of the molecule is c1ccc(-c2nc(-c3ccccc3)nc(-c3ccc(-c4cc(-c5cc6ccccc6c6ncccc56)cc5c4sc4ccccc45)cc3)n2)cc1. The van der Waals surface area contributed by atoms with Crippen LogP contribution in [0.5, 0.6) is 0 Å². The maximum atomic E-state index is 4.96. The van der Waals surface area contributed by atoms with Crippen molar-refractivity contribution in [2.75, 3.05) is 0 Å². The highest BCUT2D eigenvalue weighted by Gasteiger charge is 2.17. The molecule has 0 aliphatic carbocycles. The second-order valence-electron chi connectivity index (χ2n) is 12.7. The molecule has 0 N–H and O–H groups in total. The second kappa shape index (κ2) is 12.1. The predicted octanol–water partition coefficient (Wildman–Crippen LogP) is 12.3. The molecule has 0 saturated heterocycles. The van der Waals surface area contributed by atoms with Gasteiger partial charge in [0, 0.05) is 59.4 Å². The first-order valence-corrected chi connectivity index (χ1v) is 17.8. The molecule has 3 heterocycles. The van der Waals surface area contributed by atoms with Crippen molar-refractivity contribution in [2.45, 2.75) is 0 Å². The highest BCUT2D eigenvalue weighted by atomic mass is 32.1.